The van der Waals surface area contributed by atoms with Crippen molar-refractivity contribution in [2.24, 2.45) is 0 Å². The molecule has 0 aromatic rings. The van der Waals surface area contributed by atoms with Crippen molar-refractivity contribution >= 4 is 0 Å². The van der Waals surface area contributed by atoms with E-state index in [2.05, 4.69) is 4.74 Å². The molecule has 1 nitrogen and oxygen atoms in total. The third kappa shape index (κ3) is 15.4. The number of hydrogen-bond donors (Lipinski definition) is 0. The molecule has 0 radical (unpaired) electrons. The molecule has 0 bridgehead atoms. The van der Waals surface area contributed by atoms with E-state index in [1.54, 1.807) is 0 Å². The molecule has 0 aliphatic heterocycles. The average molecular weight is 264 g/mol. The predicted molar refractivity (Wildman–Crippen MR) is 34.1 cm³/mol. The van der Waals surface area contributed by atoms with Crippen molar-refractivity contribution in [3.63, 3.8) is 0 Å². The molecule has 0 aromatic carbocycles. The molecule has 0 fully saturated rings. The zero-order valence-corrected chi connectivity index (χ0v) is 7.52. The first kappa shape index (κ1) is 17.3. The Bertz CT molecular complexity index is 221. The van der Waals surface area contributed by atoms with Gasteiger partial charge in [0.1, 0.15) is 0 Å². The summed E-state index contributed by atoms with van der Waals surface area (Å²) in [5.41, 5.74) is 0. The fraction of sp³-hybridized carbons (Fsp3) is 0.667. The zero-order chi connectivity index (χ0) is 13.6. The van der Waals surface area contributed by atoms with Crippen molar-refractivity contribution in [2.75, 3.05) is 6.67 Å². The van der Waals surface area contributed by atoms with Crippen molar-refractivity contribution in [1.82, 2.24) is 0 Å². The molecular formula is C6H5F9O. The predicted octanol–water partition coefficient (Wildman–Crippen LogP) is 4.17. The van der Waals surface area contributed by atoms with E-state index in [0.717, 1.165) is 0 Å². The maximum atomic E-state index is 11.6. The molecule has 0 atom stereocenters. The third-order valence-corrected chi connectivity index (χ3v) is 0.543. The Morgan fingerprint density at radius 2 is 1.31 bits per heavy atom. The summed E-state index contributed by atoms with van der Waals surface area (Å²) in [6.45, 7) is -2.18. The molecule has 0 amide bonds. The largest absolute Gasteiger partial charge is 0.428 e. The van der Waals surface area contributed by atoms with E-state index in [1.165, 1.54) is 0 Å². The van der Waals surface area contributed by atoms with Gasteiger partial charge < -0.3 is 4.74 Å². The molecule has 98 valence electrons. The minimum Gasteiger partial charge on any atom is -0.400 e. The second-order valence-electron chi connectivity index (χ2n) is 2.19. The van der Waals surface area contributed by atoms with Gasteiger partial charge in [0.25, 0.3) is 0 Å². The molecule has 0 saturated heterocycles. The molecule has 0 rings (SSSR count). The van der Waals surface area contributed by atoms with Crippen LogP contribution >= 0.6 is 0 Å². The van der Waals surface area contributed by atoms with Crippen molar-refractivity contribution in [3.8, 4) is 0 Å². The first-order valence-corrected chi connectivity index (χ1v) is 3.29. The van der Waals surface area contributed by atoms with Gasteiger partial charge in [0, 0.05) is 6.92 Å². The minimum atomic E-state index is -4.53. The standard InChI is InChI=1S/C4H2F6O.C2H3F3/c5-1-4(9,10)11-3(8)2(6)7;1-2(3,4)5/h1H2;1H3. The molecule has 16 heavy (non-hydrogen) atoms. The molecule has 0 spiro atoms. The summed E-state index contributed by atoms with van der Waals surface area (Å²) in [5.74, 6) is 0. The number of hydrogen-bond acceptors (Lipinski definition) is 1. The second-order valence-corrected chi connectivity index (χ2v) is 2.19. The highest BCUT2D eigenvalue weighted by atomic mass is 19.4. The van der Waals surface area contributed by atoms with Crippen LogP contribution in [-0.4, -0.2) is 19.0 Å². The van der Waals surface area contributed by atoms with E-state index < -0.39 is 31.1 Å². The molecule has 10 heteroatoms. The van der Waals surface area contributed by atoms with E-state index in [9.17, 15) is 39.5 Å². The Hall–Kier alpha value is -1.09. The fourth-order valence-electron chi connectivity index (χ4n) is 0.197. The molecule has 0 aliphatic carbocycles. The first-order valence-electron chi connectivity index (χ1n) is 3.29. The van der Waals surface area contributed by atoms with Crippen LogP contribution in [0.25, 0.3) is 0 Å². The van der Waals surface area contributed by atoms with Gasteiger partial charge in [0.2, 0.25) is 0 Å². The van der Waals surface area contributed by atoms with Gasteiger partial charge in [0.15, 0.2) is 6.67 Å². The van der Waals surface area contributed by atoms with E-state index in [0.29, 0.717) is 0 Å². The third-order valence-electron chi connectivity index (χ3n) is 0.543. The van der Waals surface area contributed by atoms with Crippen LogP contribution in [0.2, 0.25) is 0 Å². The maximum absolute atomic E-state index is 11.6. The van der Waals surface area contributed by atoms with Crippen LogP contribution in [0.5, 0.6) is 0 Å². The highest BCUT2D eigenvalue weighted by Gasteiger charge is 2.34. The summed E-state index contributed by atoms with van der Waals surface area (Å²) in [6, 6.07) is -2.77. The molecule has 0 unspecified atom stereocenters. The van der Waals surface area contributed by atoms with Crippen LogP contribution in [0.1, 0.15) is 6.92 Å². The lowest BCUT2D eigenvalue weighted by Crippen LogP contribution is -2.22. The van der Waals surface area contributed by atoms with E-state index in [1.807, 2.05) is 0 Å². The van der Waals surface area contributed by atoms with Gasteiger partial charge in [-0.2, -0.15) is 35.1 Å². The van der Waals surface area contributed by atoms with Gasteiger partial charge >= 0.3 is 24.4 Å². The van der Waals surface area contributed by atoms with Crippen LogP contribution in [0.3, 0.4) is 0 Å². The summed E-state index contributed by atoms with van der Waals surface area (Å²) < 4.78 is 101. The van der Waals surface area contributed by atoms with Crippen LogP contribution in [0.4, 0.5) is 39.5 Å². The Labute approximate surface area is 83.5 Å². The molecule has 0 aromatic heterocycles. The molecule has 0 saturated carbocycles. The zero-order valence-electron chi connectivity index (χ0n) is 7.52. The Morgan fingerprint density at radius 3 is 1.50 bits per heavy atom. The summed E-state index contributed by atoms with van der Waals surface area (Å²) in [5, 5.41) is 0. The van der Waals surface area contributed by atoms with Crippen LogP contribution in [0.15, 0.2) is 12.1 Å². The van der Waals surface area contributed by atoms with E-state index in [4.69, 9.17) is 0 Å². The number of rotatable bonds is 3. The van der Waals surface area contributed by atoms with Crippen molar-refractivity contribution in [2.45, 2.75) is 19.2 Å². The second kappa shape index (κ2) is 6.48. The maximum Gasteiger partial charge on any atom is 0.428 e. The minimum absolute atomic E-state index is 0.188. The van der Waals surface area contributed by atoms with Gasteiger partial charge in [-0.1, -0.05) is 0 Å². The van der Waals surface area contributed by atoms with E-state index in [-0.39, 0.29) is 6.92 Å². The van der Waals surface area contributed by atoms with Crippen molar-refractivity contribution in [1.29, 1.82) is 0 Å². The summed E-state index contributed by atoms with van der Waals surface area (Å²) in [7, 11) is 0. The van der Waals surface area contributed by atoms with Gasteiger partial charge in [-0.3, -0.25) is 0 Å². The van der Waals surface area contributed by atoms with Gasteiger partial charge in [-0.15, -0.1) is 0 Å². The smallest absolute Gasteiger partial charge is 0.400 e. The van der Waals surface area contributed by atoms with E-state index >= 15 is 0 Å². The summed E-state index contributed by atoms with van der Waals surface area (Å²) >= 11 is 0. The van der Waals surface area contributed by atoms with Gasteiger partial charge in [-0.05, 0) is 0 Å². The number of ether oxygens (including phenoxy) is 1. The average Bonchev–Trinajstić information content (AvgIpc) is 2.00. The lowest BCUT2D eigenvalue weighted by molar-refractivity contribution is -0.236. The van der Waals surface area contributed by atoms with Crippen molar-refractivity contribution < 1.29 is 44.3 Å². The number of halogens is 9. The van der Waals surface area contributed by atoms with Crippen molar-refractivity contribution in [3.05, 3.63) is 12.1 Å². The molecular weight excluding hydrogens is 259 g/mol. The Morgan fingerprint density at radius 1 is 1.00 bits per heavy atom. The lowest BCUT2D eigenvalue weighted by Gasteiger charge is -2.10. The quantitative estimate of drug-likeness (QED) is 0.549. The van der Waals surface area contributed by atoms with Crippen LogP contribution < -0.4 is 0 Å². The van der Waals surface area contributed by atoms with Gasteiger partial charge in [0.05, 0.1) is 0 Å². The molecule has 0 heterocycles. The Balaban J connectivity index is 0. The molecule has 0 N–H and O–H groups in total. The van der Waals surface area contributed by atoms with Crippen LogP contribution in [0, 0.1) is 0 Å². The normalized spacial score (nSPS) is 11.4. The van der Waals surface area contributed by atoms with Crippen LogP contribution in [-0.2, 0) is 4.74 Å². The highest BCUT2D eigenvalue weighted by Crippen LogP contribution is 2.23. The summed E-state index contributed by atoms with van der Waals surface area (Å²) in [4.78, 5) is 0. The topological polar surface area (TPSA) is 9.23 Å². The fourth-order valence-corrected chi connectivity index (χ4v) is 0.197. The number of alkyl halides is 6. The molecule has 0 aliphatic rings. The SMILES string of the molecule is CC(F)(F)F.FCC(F)(F)OC(F)=C(F)F. The van der Waals surface area contributed by atoms with Gasteiger partial charge in [-0.25, -0.2) is 4.39 Å². The summed E-state index contributed by atoms with van der Waals surface area (Å²) in [6.07, 6.45) is -11.6. The Kier molecular flexibility index (Phi) is 7.01. The highest BCUT2D eigenvalue weighted by molar-refractivity contribution is 4.82. The first-order chi connectivity index (χ1) is 6.89. The monoisotopic (exact) mass is 264 g/mol. The lowest BCUT2D eigenvalue weighted by atomic mass is 10.7.